The van der Waals surface area contributed by atoms with Gasteiger partial charge < -0.3 is 15.0 Å². The van der Waals surface area contributed by atoms with Crippen LogP contribution in [-0.4, -0.2) is 72.2 Å². The number of nitrogens with zero attached hydrogens (tertiary/aromatic N) is 2. The van der Waals surface area contributed by atoms with E-state index in [1.807, 2.05) is 18.7 Å². The van der Waals surface area contributed by atoms with Gasteiger partial charge in [0.1, 0.15) is 0 Å². The zero-order valence-corrected chi connectivity index (χ0v) is 15.9. The van der Waals surface area contributed by atoms with Gasteiger partial charge in [0.05, 0.1) is 12.2 Å². The number of carbonyl (C=O) groups excluding carboxylic acids is 1. The van der Waals surface area contributed by atoms with Crippen LogP contribution in [0.5, 0.6) is 0 Å². The number of fused-ring (bicyclic) bond motifs is 3. The molecule has 138 valence electrons. The Labute approximate surface area is 147 Å². The molecule has 4 aliphatic rings. The summed E-state index contributed by atoms with van der Waals surface area (Å²) in [6.07, 6.45) is 4.80. The summed E-state index contributed by atoms with van der Waals surface area (Å²) >= 11 is 0. The molecule has 0 atom stereocenters. The molecule has 1 N–H and O–H groups in total. The van der Waals surface area contributed by atoms with Crippen molar-refractivity contribution in [1.29, 1.82) is 0 Å². The quantitative estimate of drug-likeness (QED) is 0.832. The summed E-state index contributed by atoms with van der Waals surface area (Å²) in [7, 11) is 0. The maximum Gasteiger partial charge on any atom is 0.225 e. The first-order chi connectivity index (χ1) is 11.3. The Morgan fingerprint density at radius 2 is 1.67 bits per heavy atom. The van der Waals surface area contributed by atoms with Crippen LogP contribution < -0.4 is 5.32 Å². The molecule has 0 aromatic rings. The van der Waals surface area contributed by atoms with Crippen LogP contribution in [-0.2, 0) is 9.53 Å². The second-order valence-electron chi connectivity index (χ2n) is 8.81. The molecule has 3 saturated heterocycles. The van der Waals surface area contributed by atoms with Gasteiger partial charge in [-0.2, -0.15) is 0 Å². The summed E-state index contributed by atoms with van der Waals surface area (Å²) in [6.45, 7) is 14.0. The minimum absolute atomic E-state index is 0.0602. The third-order valence-corrected chi connectivity index (χ3v) is 6.06. The zero-order chi connectivity index (χ0) is 17.4. The highest BCUT2D eigenvalue weighted by Gasteiger charge is 2.50. The van der Waals surface area contributed by atoms with Crippen molar-refractivity contribution < 1.29 is 9.53 Å². The molecule has 2 bridgehead atoms. The SMILES string of the molecule is CC(C)NC12CCC(CN3CCN(C(=O)C(C)C)CC3)(CC1)OC2. The number of amides is 1. The zero-order valence-electron chi connectivity index (χ0n) is 15.9. The maximum absolute atomic E-state index is 12.1. The molecule has 0 aromatic heterocycles. The molecule has 5 nitrogen and oxygen atoms in total. The monoisotopic (exact) mass is 337 g/mol. The number of hydrogen-bond acceptors (Lipinski definition) is 4. The third kappa shape index (κ3) is 3.78. The molecule has 3 heterocycles. The molecule has 1 saturated carbocycles. The minimum atomic E-state index is 0.0602. The van der Waals surface area contributed by atoms with E-state index in [4.69, 9.17) is 4.74 Å². The molecule has 0 spiro atoms. The van der Waals surface area contributed by atoms with Crippen molar-refractivity contribution in [3.8, 4) is 0 Å². The van der Waals surface area contributed by atoms with E-state index in [0.29, 0.717) is 11.9 Å². The van der Waals surface area contributed by atoms with E-state index in [1.165, 1.54) is 12.8 Å². The highest BCUT2D eigenvalue weighted by molar-refractivity contribution is 5.78. The van der Waals surface area contributed by atoms with Gasteiger partial charge in [0.15, 0.2) is 0 Å². The van der Waals surface area contributed by atoms with Gasteiger partial charge in [0.25, 0.3) is 0 Å². The van der Waals surface area contributed by atoms with E-state index in [-0.39, 0.29) is 17.1 Å². The van der Waals surface area contributed by atoms with Gasteiger partial charge >= 0.3 is 0 Å². The molecular weight excluding hydrogens is 302 g/mol. The fraction of sp³-hybridized carbons (Fsp3) is 0.947. The number of nitrogens with one attached hydrogen (secondary N) is 1. The fourth-order valence-electron chi connectivity index (χ4n) is 4.67. The normalized spacial score (nSPS) is 34.3. The summed E-state index contributed by atoms with van der Waals surface area (Å²) in [5, 5.41) is 3.75. The molecular formula is C19H35N3O2. The van der Waals surface area contributed by atoms with Gasteiger partial charge in [-0.25, -0.2) is 0 Å². The molecule has 0 aromatic carbocycles. The van der Waals surface area contributed by atoms with Crippen LogP contribution in [0.25, 0.3) is 0 Å². The smallest absolute Gasteiger partial charge is 0.225 e. The van der Waals surface area contributed by atoms with E-state index >= 15 is 0 Å². The molecule has 5 heteroatoms. The fourth-order valence-corrected chi connectivity index (χ4v) is 4.67. The average molecular weight is 338 g/mol. The van der Waals surface area contributed by atoms with Crippen LogP contribution in [0.2, 0.25) is 0 Å². The second kappa shape index (κ2) is 6.93. The highest BCUT2D eigenvalue weighted by Crippen LogP contribution is 2.44. The van der Waals surface area contributed by atoms with Crippen molar-refractivity contribution >= 4 is 5.91 Å². The number of rotatable bonds is 5. The van der Waals surface area contributed by atoms with Crippen LogP contribution in [0.15, 0.2) is 0 Å². The van der Waals surface area contributed by atoms with E-state index in [0.717, 1.165) is 52.2 Å². The number of ether oxygens (including phenoxy) is 1. The molecule has 4 rings (SSSR count). The first-order valence-electron chi connectivity index (χ1n) is 9.76. The number of hydrogen-bond donors (Lipinski definition) is 1. The van der Waals surface area contributed by atoms with Crippen molar-refractivity contribution in [1.82, 2.24) is 15.1 Å². The Bertz CT molecular complexity index is 431. The standard InChI is InChI=1S/C19H35N3O2/c1-15(2)17(23)22-11-9-21(10-12-22)13-19-7-5-18(6-8-19,14-24-19)20-16(3)4/h15-16,20H,5-14H2,1-4H3. The third-order valence-electron chi connectivity index (χ3n) is 6.06. The molecule has 1 amide bonds. The largest absolute Gasteiger partial charge is 0.372 e. The van der Waals surface area contributed by atoms with Gasteiger partial charge in [-0.1, -0.05) is 27.7 Å². The van der Waals surface area contributed by atoms with Crippen LogP contribution in [0.4, 0.5) is 0 Å². The lowest BCUT2D eigenvalue weighted by atomic mass is 9.70. The molecule has 0 radical (unpaired) electrons. The Hall–Kier alpha value is -0.650. The van der Waals surface area contributed by atoms with Crippen molar-refractivity contribution in [2.45, 2.75) is 70.6 Å². The number of carbonyl (C=O) groups is 1. The van der Waals surface area contributed by atoms with Crippen LogP contribution in [0, 0.1) is 5.92 Å². The molecule has 3 aliphatic heterocycles. The van der Waals surface area contributed by atoms with Gasteiger partial charge in [0, 0.05) is 50.2 Å². The first-order valence-corrected chi connectivity index (χ1v) is 9.76. The van der Waals surface area contributed by atoms with Crippen molar-refractivity contribution in [2.24, 2.45) is 5.92 Å². The van der Waals surface area contributed by atoms with Gasteiger partial charge in [-0.05, 0) is 25.7 Å². The predicted octanol–water partition coefficient (Wildman–Crippen LogP) is 1.87. The van der Waals surface area contributed by atoms with Gasteiger partial charge in [-0.3, -0.25) is 9.69 Å². The topological polar surface area (TPSA) is 44.8 Å². The van der Waals surface area contributed by atoms with Crippen molar-refractivity contribution in [3.05, 3.63) is 0 Å². The van der Waals surface area contributed by atoms with Gasteiger partial charge in [-0.15, -0.1) is 0 Å². The van der Waals surface area contributed by atoms with Crippen LogP contribution >= 0.6 is 0 Å². The second-order valence-corrected chi connectivity index (χ2v) is 8.81. The lowest BCUT2D eigenvalue weighted by Gasteiger charge is -2.55. The van der Waals surface area contributed by atoms with Crippen molar-refractivity contribution in [2.75, 3.05) is 39.3 Å². The Morgan fingerprint density at radius 3 is 2.12 bits per heavy atom. The predicted molar refractivity (Wildman–Crippen MR) is 96.0 cm³/mol. The van der Waals surface area contributed by atoms with Crippen LogP contribution in [0.3, 0.4) is 0 Å². The highest BCUT2D eigenvalue weighted by atomic mass is 16.5. The lowest BCUT2D eigenvalue weighted by molar-refractivity contribution is -0.174. The summed E-state index contributed by atoms with van der Waals surface area (Å²) in [5.74, 6) is 0.403. The minimum Gasteiger partial charge on any atom is -0.372 e. The van der Waals surface area contributed by atoms with Crippen LogP contribution in [0.1, 0.15) is 53.4 Å². The van der Waals surface area contributed by atoms with E-state index in [1.54, 1.807) is 0 Å². The Kier molecular flexibility index (Phi) is 5.24. The maximum atomic E-state index is 12.1. The van der Waals surface area contributed by atoms with E-state index < -0.39 is 0 Å². The van der Waals surface area contributed by atoms with E-state index in [9.17, 15) is 4.79 Å². The Balaban J connectivity index is 1.49. The van der Waals surface area contributed by atoms with Crippen molar-refractivity contribution in [3.63, 3.8) is 0 Å². The molecule has 1 aliphatic carbocycles. The average Bonchev–Trinajstić information content (AvgIpc) is 2.56. The molecule has 4 fully saturated rings. The molecule has 0 unspecified atom stereocenters. The number of piperazine rings is 1. The molecule has 24 heavy (non-hydrogen) atoms. The summed E-state index contributed by atoms with van der Waals surface area (Å²) in [4.78, 5) is 16.7. The summed E-state index contributed by atoms with van der Waals surface area (Å²) < 4.78 is 6.40. The summed E-state index contributed by atoms with van der Waals surface area (Å²) in [5.41, 5.74) is 0.281. The first kappa shape index (κ1) is 18.2. The lowest BCUT2D eigenvalue weighted by Crippen LogP contribution is -2.66. The summed E-state index contributed by atoms with van der Waals surface area (Å²) in [6, 6.07) is 0.519. The van der Waals surface area contributed by atoms with Gasteiger partial charge in [0.2, 0.25) is 5.91 Å². The van der Waals surface area contributed by atoms with E-state index in [2.05, 4.69) is 24.1 Å². The Morgan fingerprint density at radius 1 is 1.04 bits per heavy atom.